The van der Waals surface area contributed by atoms with Crippen LogP contribution >= 0.6 is 0 Å². The SMILES string of the molecule is CC(C)=CC[C@H]1C[C@@]2(CC=C(C)C)C(=O)O[C@@](CC=C(C)C)(C(=O)[C@@H](C(=O)C(C)C)[C@]1(C)C/C=C/C(C)(C)OO)C2=O. The normalized spacial score (nSPS) is 29.7. The summed E-state index contributed by atoms with van der Waals surface area (Å²) in [7, 11) is 0. The Morgan fingerprint density at radius 1 is 0.976 bits per heavy atom. The molecule has 234 valence electrons. The zero-order valence-electron chi connectivity index (χ0n) is 27.6. The third kappa shape index (κ3) is 7.11. The van der Waals surface area contributed by atoms with Crippen molar-refractivity contribution in [2.45, 2.75) is 119 Å². The Morgan fingerprint density at radius 2 is 1.52 bits per heavy atom. The van der Waals surface area contributed by atoms with Crippen molar-refractivity contribution in [2.24, 2.45) is 28.6 Å². The lowest BCUT2D eigenvalue weighted by atomic mass is 9.52. The van der Waals surface area contributed by atoms with Crippen molar-refractivity contribution in [3.8, 4) is 0 Å². The van der Waals surface area contributed by atoms with Gasteiger partial charge >= 0.3 is 5.97 Å². The van der Waals surface area contributed by atoms with Crippen LogP contribution in [-0.4, -0.2) is 39.8 Å². The van der Waals surface area contributed by atoms with Gasteiger partial charge in [-0.3, -0.25) is 24.4 Å². The highest BCUT2D eigenvalue weighted by atomic mass is 17.1. The van der Waals surface area contributed by atoms with Gasteiger partial charge in [-0.15, -0.1) is 0 Å². The molecule has 0 aromatic rings. The molecule has 1 N–H and O–H groups in total. The van der Waals surface area contributed by atoms with Crippen molar-refractivity contribution in [1.29, 1.82) is 0 Å². The Hall–Kier alpha value is -2.64. The zero-order chi connectivity index (χ0) is 32.3. The molecule has 1 saturated heterocycles. The summed E-state index contributed by atoms with van der Waals surface area (Å²) < 4.78 is 6.00. The lowest BCUT2D eigenvalue weighted by Gasteiger charge is -2.47. The minimum atomic E-state index is -2.07. The van der Waals surface area contributed by atoms with E-state index in [-0.39, 0.29) is 31.5 Å². The number of esters is 1. The van der Waals surface area contributed by atoms with Crippen molar-refractivity contribution in [1.82, 2.24) is 0 Å². The maximum Gasteiger partial charge on any atom is 0.321 e. The molecule has 2 rings (SSSR count). The minimum Gasteiger partial charge on any atom is -0.442 e. The predicted octanol–water partition coefficient (Wildman–Crippen LogP) is 7.56. The average Bonchev–Trinajstić information content (AvgIpc) is 3.10. The summed E-state index contributed by atoms with van der Waals surface area (Å²) in [6.07, 6.45) is 10.1. The minimum absolute atomic E-state index is 0.104. The molecule has 7 heteroatoms. The number of ether oxygens (including phenoxy) is 1. The molecule has 0 amide bonds. The fourth-order valence-corrected chi connectivity index (χ4v) is 6.19. The number of allylic oxidation sites excluding steroid dienone is 6. The van der Waals surface area contributed by atoms with E-state index in [2.05, 4.69) is 4.89 Å². The summed E-state index contributed by atoms with van der Waals surface area (Å²) in [5.74, 6) is -4.21. The van der Waals surface area contributed by atoms with Crippen LogP contribution in [0.25, 0.3) is 0 Å². The number of carbonyl (C=O) groups excluding carboxylic acids is 4. The second-order valence-corrected chi connectivity index (χ2v) is 14.2. The number of Topliss-reactive ketones (excluding diaryl/α,β-unsaturated/α-hetero) is 3. The van der Waals surface area contributed by atoms with Crippen molar-refractivity contribution < 1.29 is 34.1 Å². The molecule has 2 fully saturated rings. The quantitative estimate of drug-likeness (QED) is 0.0829. The Balaban J connectivity index is 3.02. The van der Waals surface area contributed by atoms with E-state index in [1.807, 2.05) is 66.7 Å². The molecule has 0 aromatic carbocycles. The molecule has 1 aliphatic heterocycles. The summed E-state index contributed by atoms with van der Waals surface area (Å²) in [5.41, 5.74) is -2.71. The number of rotatable bonds is 12. The van der Waals surface area contributed by atoms with Crippen LogP contribution in [0, 0.1) is 28.6 Å². The van der Waals surface area contributed by atoms with Gasteiger partial charge in [0.15, 0.2) is 5.78 Å². The van der Waals surface area contributed by atoms with Crippen LogP contribution in [0.2, 0.25) is 0 Å². The third-order valence-corrected chi connectivity index (χ3v) is 8.94. The van der Waals surface area contributed by atoms with Crippen LogP contribution in [0.5, 0.6) is 0 Å². The monoisotopic (exact) mass is 584 g/mol. The lowest BCUT2D eigenvalue weighted by molar-refractivity contribution is -0.297. The van der Waals surface area contributed by atoms with E-state index in [1.165, 1.54) is 0 Å². The summed E-state index contributed by atoms with van der Waals surface area (Å²) in [4.78, 5) is 62.3. The van der Waals surface area contributed by atoms with Crippen LogP contribution in [0.1, 0.15) is 108 Å². The zero-order valence-corrected chi connectivity index (χ0v) is 27.6. The van der Waals surface area contributed by atoms with E-state index in [1.54, 1.807) is 39.8 Å². The van der Waals surface area contributed by atoms with Crippen molar-refractivity contribution in [3.05, 3.63) is 47.1 Å². The van der Waals surface area contributed by atoms with Gasteiger partial charge in [0.2, 0.25) is 11.4 Å². The number of ketones is 3. The number of hydrogen-bond donors (Lipinski definition) is 1. The van der Waals surface area contributed by atoms with Crippen LogP contribution in [0.4, 0.5) is 0 Å². The summed E-state index contributed by atoms with van der Waals surface area (Å²) in [6.45, 7) is 20.3. The molecular formula is C35H52O7. The second kappa shape index (κ2) is 13.3. The molecule has 2 bridgehead atoms. The summed E-state index contributed by atoms with van der Waals surface area (Å²) >= 11 is 0. The van der Waals surface area contributed by atoms with Crippen molar-refractivity contribution >= 4 is 23.3 Å². The van der Waals surface area contributed by atoms with Gasteiger partial charge in [-0.25, -0.2) is 4.89 Å². The van der Waals surface area contributed by atoms with E-state index < -0.39 is 57.3 Å². The van der Waals surface area contributed by atoms with E-state index in [4.69, 9.17) is 4.74 Å². The molecule has 7 nitrogen and oxygen atoms in total. The number of carbonyl (C=O) groups is 4. The standard InChI is InChI=1S/C35H52O7/c1-22(2)13-14-26-21-34(19-15-23(3)4)30(38)35(41-31(34)39,20-16-24(5)6)29(37)27(28(36)25(7)8)33(26,11)18-12-17-32(9,10)42-40/h12-13,15-17,25-27,40H,14,18-21H2,1-11H3/b17-12+/t26-,27+,33+,34+,35-/m0/s1. The number of fused-ring (bicyclic) bond motifs is 2. The van der Waals surface area contributed by atoms with Gasteiger partial charge in [-0.05, 0) is 92.4 Å². The van der Waals surface area contributed by atoms with Gasteiger partial charge in [-0.1, -0.05) is 67.9 Å². The van der Waals surface area contributed by atoms with Crippen LogP contribution in [0.3, 0.4) is 0 Å². The smallest absolute Gasteiger partial charge is 0.321 e. The molecule has 1 saturated carbocycles. The van der Waals surface area contributed by atoms with Gasteiger partial charge in [0.25, 0.3) is 0 Å². The third-order valence-electron chi connectivity index (χ3n) is 8.94. The van der Waals surface area contributed by atoms with Crippen molar-refractivity contribution in [3.63, 3.8) is 0 Å². The maximum absolute atomic E-state index is 14.9. The fourth-order valence-electron chi connectivity index (χ4n) is 6.19. The molecular weight excluding hydrogens is 532 g/mol. The Bertz CT molecular complexity index is 1190. The van der Waals surface area contributed by atoms with Crippen LogP contribution < -0.4 is 0 Å². The molecule has 1 aliphatic carbocycles. The number of hydrogen-bond acceptors (Lipinski definition) is 7. The lowest BCUT2D eigenvalue weighted by Crippen LogP contribution is -2.59. The maximum atomic E-state index is 14.9. The Morgan fingerprint density at radius 3 is 2.02 bits per heavy atom. The van der Waals surface area contributed by atoms with Crippen molar-refractivity contribution in [2.75, 3.05) is 0 Å². The van der Waals surface area contributed by atoms with Crippen LogP contribution in [-0.2, 0) is 28.8 Å². The molecule has 42 heavy (non-hydrogen) atoms. The first-order chi connectivity index (χ1) is 19.3. The molecule has 0 unspecified atom stereocenters. The first-order valence-electron chi connectivity index (χ1n) is 15.1. The molecule has 5 atom stereocenters. The van der Waals surface area contributed by atoms with Gasteiger partial charge in [0, 0.05) is 12.3 Å². The first-order valence-corrected chi connectivity index (χ1v) is 15.1. The van der Waals surface area contributed by atoms with Gasteiger partial charge < -0.3 is 4.74 Å². The fraction of sp³-hybridized carbons (Fsp3) is 0.657. The van der Waals surface area contributed by atoms with E-state index in [9.17, 15) is 24.4 Å². The van der Waals surface area contributed by atoms with E-state index >= 15 is 0 Å². The first kappa shape index (κ1) is 35.6. The molecule has 0 spiro atoms. The van der Waals surface area contributed by atoms with Gasteiger partial charge in [-0.2, -0.15) is 0 Å². The Kier molecular flexibility index (Phi) is 11.3. The highest BCUT2D eigenvalue weighted by molar-refractivity contribution is 6.27. The molecule has 0 aromatic heterocycles. The highest BCUT2D eigenvalue weighted by Crippen LogP contribution is 2.58. The van der Waals surface area contributed by atoms with E-state index in [0.717, 1.165) is 16.7 Å². The molecule has 2 aliphatic rings. The van der Waals surface area contributed by atoms with E-state index in [0.29, 0.717) is 6.42 Å². The average molecular weight is 585 g/mol. The van der Waals surface area contributed by atoms with Crippen LogP contribution in [0.15, 0.2) is 47.1 Å². The Labute approximate surface area is 252 Å². The second-order valence-electron chi connectivity index (χ2n) is 14.2. The molecule has 0 radical (unpaired) electrons. The highest BCUT2D eigenvalue weighted by Gasteiger charge is 2.72. The predicted molar refractivity (Wildman–Crippen MR) is 165 cm³/mol. The van der Waals surface area contributed by atoms with Gasteiger partial charge in [0.05, 0.1) is 5.92 Å². The largest absolute Gasteiger partial charge is 0.442 e. The molecule has 1 heterocycles. The topological polar surface area (TPSA) is 107 Å². The summed E-state index contributed by atoms with van der Waals surface area (Å²) in [6, 6.07) is 0. The summed E-state index contributed by atoms with van der Waals surface area (Å²) in [5, 5.41) is 9.37. The van der Waals surface area contributed by atoms with Gasteiger partial charge in [0.1, 0.15) is 16.8 Å².